The van der Waals surface area contributed by atoms with E-state index >= 15 is 0 Å². The fourth-order valence-corrected chi connectivity index (χ4v) is 3.44. The van der Waals surface area contributed by atoms with Crippen molar-refractivity contribution in [2.24, 2.45) is 0 Å². The number of nitrogens with one attached hydrogen (secondary N) is 1. The Balaban J connectivity index is 1.45. The molecule has 0 aliphatic carbocycles. The second-order valence-corrected chi connectivity index (χ2v) is 6.85. The Labute approximate surface area is 171 Å². The number of ether oxygens (including phenoxy) is 1. The van der Waals surface area contributed by atoms with Gasteiger partial charge in [0.2, 0.25) is 0 Å². The van der Waals surface area contributed by atoms with Crippen molar-refractivity contribution in [3.8, 4) is 0 Å². The number of fused-ring (bicyclic) bond motifs is 2. The van der Waals surface area contributed by atoms with E-state index in [0.717, 1.165) is 16.6 Å². The molecular formula is C22H18N6O2. The van der Waals surface area contributed by atoms with Crippen LogP contribution in [0.5, 0.6) is 0 Å². The SMILES string of the molecule is COC(=O)c1cc2c(Nc3ccc4c(cnn4Cc4ccccc4)c3)ncnn2c1. The van der Waals surface area contributed by atoms with E-state index in [1.807, 2.05) is 47.3 Å². The van der Waals surface area contributed by atoms with E-state index in [1.165, 1.54) is 19.0 Å². The van der Waals surface area contributed by atoms with Gasteiger partial charge in [0.15, 0.2) is 5.82 Å². The van der Waals surface area contributed by atoms with Crippen molar-refractivity contribution in [1.29, 1.82) is 0 Å². The van der Waals surface area contributed by atoms with Crippen LogP contribution in [0.2, 0.25) is 0 Å². The standard InChI is InChI=1S/C22H18N6O2/c1-30-22(29)17-10-20-21(23-14-25-28(20)13-17)26-18-7-8-19-16(9-18)11-24-27(19)12-15-5-3-2-4-6-15/h2-11,13-14H,12H2,1H3,(H,23,25,26). The monoisotopic (exact) mass is 398 g/mol. The molecule has 1 N–H and O–H groups in total. The van der Waals surface area contributed by atoms with Crippen LogP contribution in [-0.2, 0) is 11.3 Å². The number of rotatable bonds is 5. The predicted octanol–water partition coefficient (Wildman–Crippen LogP) is 3.66. The first-order valence-electron chi connectivity index (χ1n) is 9.39. The lowest BCUT2D eigenvalue weighted by molar-refractivity contribution is 0.0601. The minimum atomic E-state index is -0.418. The van der Waals surface area contributed by atoms with Gasteiger partial charge in [-0.3, -0.25) is 4.68 Å². The van der Waals surface area contributed by atoms with E-state index in [0.29, 0.717) is 23.4 Å². The molecule has 0 amide bonds. The summed E-state index contributed by atoms with van der Waals surface area (Å²) in [5.74, 6) is 0.176. The van der Waals surface area contributed by atoms with Crippen LogP contribution in [0.15, 0.2) is 73.3 Å². The highest BCUT2D eigenvalue weighted by Gasteiger charge is 2.13. The lowest BCUT2D eigenvalue weighted by atomic mass is 10.2. The van der Waals surface area contributed by atoms with Crippen molar-refractivity contribution in [2.75, 3.05) is 12.4 Å². The van der Waals surface area contributed by atoms with E-state index in [1.54, 1.807) is 16.8 Å². The Morgan fingerprint density at radius 3 is 2.77 bits per heavy atom. The molecule has 8 heteroatoms. The highest BCUT2D eigenvalue weighted by molar-refractivity contribution is 5.93. The maximum atomic E-state index is 11.8. The van der Waals surface area contributed by atoms with Crippen molar-refractivity contribution < 1.29 is 9.53 Å². The lowest BCUT2D eigenvalue weighted by Gasteiger charge is -2.08. The molecule has 0 bridgehead atoms. The molecule has 5 rings (SSSR count). The van der Waals surface area contributed by atoms with Crippen molar-refractivity contribution >= 4 is 33.9 Å². The molecule has 2 aromatic carbocycles. The number of aromatic nitrogens is 5. The third-order valence-electron chi connectivity index (χ3n) is 4.91. The van der Waals surface area contributed by atoms with Crippen molar-refractivity contribution in [1.82, 2.24) is 24.4 Å². The van der Waals surface area contributed by atoms with Gasteiger partial charge in [0, 0.05) is 17.3 Å². The maximum Gasteiger partial charge on any atom is 0.339 e. The number of nitrogens with zero attached hydrogens (tertiary/aromatic N) is 5. The number of methoxy groups -OCH3 is 1. The molecule has 5 aromatic rings. The van der Waals surface area contributed by atoms with Gasteiger partial charge in [0.25, 0.3) is 0 Å². The van der Waals surface area contributed by atoms with Crippen molar-refractivity contribution in [2.45, 2.75) is 6.54 Å². The van der Waals surface area contributed by atoms with Gasteiger partial charge >= 0.3 is 5.97 Å². The predicted molar refractivity (Wildman–Crippen MR) is 113 cm³/mol. The molecule has 0 unspecified atom stereocenters. The maximum absolute atomic E-state index is 11.8. The Bertz CT molecular complexity index is 1360. The minimum Gasteiger partial charge on any atom is -0.465 e. The smallest absolute Gasteiger partial charge is 0.339 e. The van der Waals surface area contributed by atoms with Gasteiger partial charge in [-0.25, -0.2) is 14.3 Å². The molecule has 3 aromatic heterocycles. The summed E-state index contributed by atoms with van der Waals surface area (Å²) < 4.78 is 8.36. The number of carbonyl (C=O) groups excluding carboxylic acids is 1. The molecule has 30 heavy (non-hydrogen) atoms. The number of esters is 1. The highest BCUT2D eigenvalue weighted by Crippen LogP contribution is 2.25. The first kappa shape index (κ1) is 17.9. The molecule has 0 saturated carbocycles. The fourth-order valence-electron chi connectivity index (χ4n) is 3.44. The van der Waals surface area contributed by atoms with Crippen LogP contribution in [-0.4, -0.2) is 37.5 Å². The first-order chi connectivity index (χ1) is 14.7. The van der Waals surface area contributed by atoms with E-state index in [4.69, 9.17) is 4.74 Å². The van der Waals surface area contributed by atoms with Gasteiger partial charge < -0.3 is 10.1 Å². The summed E-state index contributed by atoms with van der Waals surface area (Å²) in [5.41, 5.74) is 4.20. The number of anilines is 2. The van der Waals surface area contributed by atoms with Crippen molar-refractivity contribution in [3.05, 3.63) is 84.4 Å². The van der Waals surface area contributed by atoms with Crippen molar-refractivity contribution in [3.63, 3.8) is 0 Å². The van der Waals surface area contributed by atoms with Crippen LogP contribution < -0.4 is 5.32 Å². The van der Waals surface area contributed by atoms with Gasteiger partial charge in [0.1, 0.15) is 11.8 Å². The molecule has 0 aliphatic rings. The van der Waals surface area contributed by atoms with E-state index in [-0.39, 0.29) is 0 Å². The summed E-state index contributed by atoms with van der Waals surface area (Å²) in [7, 11) is 1.35. The van der Waals surface area contributed by atoms with Crippen LogP contribution in [0.25, 0.3) is 16.4 Å². The van der Waals surface area contributed by atoms with Gasteiger partial charge in [0.05, 0.1) is 30.9 Å². The van der Waals surface area contributed by atoms with E-state index in [9.17, 15) is 4.79 Å². The molecule has 148 valence electrons. The Kier molecular flexibility index (Phi) is 4.36. The van der Waals surface area contributed by atoms with Crippen LogP contribution in [0.4, 0.5) is 11.5 Å². The number of carbonyl (C=O) groups is 1. The number of hydrogen-bond acceptors (Lipinski definition) is 6. The first-order valence-corrected chi connectivity index (χ1v) is 9.39. The molecule has 0 fully saturated rings. The third kappa shape index (κ3) is 3.24. The average Bonchev–Trinajstić information content (AvgIpc) is 3.39. The van der Waals surface area contributed by atoms with Gasteiger partial charge in [-0.15, -0.1) is 0 Å². The molecular weight excluding hydrogens is 380 g/mol. The summed E-state index contributed by atoms with van der Waals surface area (Å²) in [6, 6.07) is 18.0. The Morgan fingerprint density at radius 1 is 1.07 bits per heavy atom. The van der Waals surface area contributed by atoms with Crippen LogP contribution >= 0.6 is 0 Å². The van der Waals surface area contributed by atoms with Gasteiger partial charge in [-0.05, 0) is 29.8 Å². The zero-order chi connectivity index (χ0) is 20.5. The summed E-state index contributed by atoms with van der Waals surface area (Å²) in [5, 5.41) is 13.0. The fraction of sp³-hybridized carbons (Fsp3) is 0.0909. The minimum absolute atomic E-state index is 0.415. The number of hydrogen-bond donors (Lipinski definition) is 1. The van der Waals surface area contributed by atoms with Crippen LogP contribution in [0.3, 0.4) is 0 Å². The Morgan fingerprint density at radius 2 is 1.93 bits per heavy atom. The topological polar surface area (TPSA) is 86.3 Å². The molecule has 3 heterocycles. The zero-order valence-electron chi connectivity index (χ0n) is 16.2. The summed E-state index contributed by atoms with van der Waals surface area (Å²) in [6.45, 7) is 0.712. The summed E-state index contributed by atoms with van der Waals surface area (Å²) in [6.07, 6.45) is 4.91. The molecule has 8 nitrogen and oxygen atoms in total. The quantitative estimate of drug-likeness (QED) is 0.455. The second-order valence-electron chi connectivity index (χ2n) is 6.85. The molecule has 0 radical (unpaired) electrons. The van der Waals surface area contributed by atoms with Gasteiger partial charge in [-0.1, -0.05) is 30.3 Å². The second kappa shape index (κ2) is 7.32. The average molecular weight is 398 g/mol. The zero-order valence-corrected chi connectivity index (χ0v) is 16.2. The van der Waals surface area contributed by atoms with E-state index in [2.05, 4.69) is 32.6 Å². The molecule has 0 saturated heterocycles. The highest BCUT2D eigenvalue weighted by atomic mass is 16.5. The third-order valence-corrected chi connectivity index (χ3v) is 4.91. The normalized spacial score (nSPS) is 11.1. The van der Waals surface area contributed by atoms with Gasteiger partial charge in [-0.2, -0.15) is 10.2 Å². The van der Waals surface area contributed by atoms with Crippen LogP contribution in [0, 0.1) is 0 Å². The molecule has 0 atom stereocenters. The molecule has 0 spiro atoms. The summed E-state index contributed by atoms with van der Waals surface area (Å²) >= 11 is 0. The lowest BCUT2D eigenvalue weighted by Crippen LogP contribution is -2.01. The molecule has 0 aliphatic heterocycles. The largest absolute Gasteiger partial charge is 0.465 e. The van der Waals surface area contributed by atoms with Crippen LogP contribution in [0.1, 0.15) is 15.9 Å². The summed E-state index contributed by atoms with van der Waals surface area (Å²) in [4.78, 5) is 16.1. The number of benzene rings is 2. The van der Waals surface area contributed by atoms with E-state index < -0.39 is 5.97 Å². The Hall–Kier alpha value is -4.20.